The van der Waals surface area contributed by atoms with Crippen molar-refractivity contribution in [1.29, 1.82) is 0 Å². The predicted octanol–water partition coefficient (Wildman–Crippen LogP) is 3.48. The fourth-order valence-electron chi connectivity index (χ4n) is 1.66. The van der Waals surface area contributed by atoms with Crippen LogP contribution in [0, 0.1) is 0 Å². The molecule has 0 saturated heterocycles. The highest BCUT2D eigenvalue weighted by Crippen LogP contribution is 2.27. The number of nitrogens with one attached hydrogen (secondary N) is 2. The predicted molar refractivity (Wildman–Crippen MR) is 72.3 cm³/mol. The lowest BCUT2D eigenvalue weighted by atomic mass is 10.2. The Bertz CT molecular complexity index is 497. The molecule has 17 heavy (non-hydrogen) atoms. The molecule has 2 aromatic carbocycles. The number of hydrogen-bond donors (Lipinski definition) is 2. The second-order valence-electron chi connectivity index (χ2n) is 3.66. The van der Waals surface area contributed by atoms with Crippen LogP contribution < -0.4 is 15.4 Å². The molecule has 0 spiro atoms. The molecule has 0 unspecified atom stereocenters. The van der Waals surface area contributed by atoms with Gasteiger partial charge in [-0.2, -0.15) is 0 Å². The highest BCUT2D eigenvalue weighted by atomic mass is 16.5. The number of para-hydroxylation sites is 2. The topological polar surface area (TPSA) is 33.3 Å². The zero-order valence-electron chi connectivity index (χ0n) is 10.0. The summed E-state index contributed by atoms with van der Waals surface area (Å²) in [4.78, 5) is 0. The van der Waals surface area contributed by atoms with Crippen LogP contribution in [0.5, 0.6) is 5.75 Å². The summed E-state index contributed by atoms with van der Waals surface area (Å²) in [6.45, 7) is 0. The first-order chi connectivity index (χ1) is 8.33. The number of methoxy groups -OCH3 is 1. The maximum absolute atomic E-state index is 5.30. The normalized spacial score (nSPS) is 9.76. The minimum absolute atomic E-state index is 0.836. The van der Waals surface area contributed by atoms with Gasteiger partial charge in [-0.25, -0.2) is 0 Å². The summed E-state index contributed by atoms with van der Waals surface area (Å²) in [5, 5.41) is 6.44. The van der Waals surface area contributed by atoms with Gasteiger partial charge >= 0.3 is 0 Å². The van der Waals surface area contributed by atoms with Gasteiger partial charge in [0.1, 0.15) is 5.75 Å². The molecule has 0 radical (unpaired) electrons. The number of anilines is 3. The monoisotopic (exact) mass is 228 g/mol. The van der Waals surface area contributed by atoms with Crippen LogP contribution in [-0.2, 0) is 0 Å². The van der Waals surface area contributed by atoms with Gasteiger partial charge in [0.05, 0.1) is 12.8 Å². The van der Waals surface area contributed by atoms with Gasteiger partial charge in [0.2, 0.25) is 0 Å². The molecule has 0 aliphatic heterocycles. The summed E-state index contributed by atoms with van der Waals surface area (Å²) in [6, 6.07) is 16.0. The van der Waals surface area contributed by atoms with Crippen molar-refractivity contribution >= 4 is 17.1 Å². The molecule has 3 heteroatoms. The summed E-state index contributed by atoms with van der Waals surface area (Å²) < 4.78 is 5.30. The van der Waals surface area contributed by atoms with Crippen LogP contribution >= 0.6 is 0 Å². The number of hydrogen-bond acceptors (Lipinski definition) is 3. The van der Waals surface area contributed by atoms with Crippen LogP contribution in [0.25, 0.3) is 0 Å². The Hall–Kier alpha value is -2.16. The van der Waals surface area contributed by atoms with Crippen molar-refractivity contribution in [2.75, 3.05) is 24.8 Å². The number of rotatable bonds is 4. The second kappa shape index (κ2) is 5.25. The van der Waals surface area contributed by atoms with Crippen LogP contribution in [0.15, 0.2) is 48.5 Å². The van der Waals surface area contributed by atoms with E-state index < -0.39 is 0 Å². The Balaban J connectivity index is 2.24. The molecule has 0 aromatic heterocycles. The molecule has 2 aromatic rings. The molecule has 3 nitrogen and oxygen atoms in total. The Morgan fingerprint density at radius 2 is 1.71 bits per heavy atom. The molecule has 0 atom stereocenters. The van der Waals surface area contributed by atoms with Crippen molar-refractivity contribution < 1.29 is 4.74 Å². The van der Waals surface area contributed by atoms with E-state index in [1.807, 2.05) is 55.6 Å². The van der Waals surface area contributed by atoms with Gasteiger partial charge in [0.25, 0.3) is 0 Å². The molecule has 0 bridgehead atoms. The third kappa shape index (κ3) is 2.69. The van der Waals surface area contributed by atoms with Gasteiger partial charge in [0.15, 0.2) is 0 Å². The maximum Gasteiger partial charge on any atom is 0.142 e. The van der Waals surface area contributed by atoms with Crippen molar-refractivity contribution in [2.45, 2.75) is 0 Å². The quantitative estimate of drug-likeness (QED) is 0.840. The van der Waals surface area contributed by atoms with Crippen molar-refractivity contribution in [1.82, 2.24) is 0 Å². The average molecular weight is 228 g/mol. The molecule has 0 amide bonds. The molecular weight excluding hydrogens is 212 g/mol. The SMILES string of the molecule is CNc1cccc(Nc2ccccc2OC)c1. The molecule has 0 aliphatic rings. The lowest BCUT2D eigenvalue weighted by Crippen LogP contribution is -1.95. The van der Waals surface area contributed by atoms with E-state index in [0.717, 1.165) is 22.8 Å². The largest absolute Gasteiger partial charge is 0.495 e. The molecule has 0 aliphatic carbocycles. The Morgan fingerprint density at radius 1 is 0.941 bits per heavy atom. The van der Waals surface area contributed by atoms with Crippen LogP contribution in [0.4, 0.5) is 17.1 Å². The Morgan fingerprint density at radius 3 is 2.47 bits per heavy atom. The van der Waals surface area contributed by atoms with E-state index in [9.17, 15) is 0 Å². The number of benzene rings is 2. The Kier molecular flexibility index (Phi) is 3.50. The average Bonchev–Trinajstić information content (AvgIpc) is 2.39. The fourth-order valence-corrected chi connectivity index (χ4v) is 1.66. The van der Waals surface area contributed by atoms with E-state index in [2.05, 4.69) is 10.6 Å². The van der Waals surface area contributed by atoms with Crippen molar-refractivity contribution in [3.8, 4) is 5.75 Å². The third-order valence-electron chi connectivity index (χ3n) is 2.54. The van der Waals surface area contributed by atoms with Crippen LogP contribution in [0.2, 0.25) is 0 Å². The first-order valence-corrected chi connectivity index (χ1v) is 5.51. The third-order valence-corrected chi connectivity index (χ3v) is 2.54. The summed E-state index contributed by atoms with van der Waals surface area (Å²) in [5.74, 6) is 0.836. The van der Waals surface area contributed by atoms with E-state index in [1.54, 1.807) is 7.11 Å². The summed E-state index contributed by atoms with van der Waals surface area (Å²) in [7, 11) is 3.58. The lowest BCUT2D eigenvalue weighted by molar-refractivity contribution is 0.417. The number of ether oxygens (including phenoxy) is 1. The smallest absolute Gasteiger partial charge is 0.142 e. The minimum atomic E-state index is 0.836. The van der Waals surface area contributed by atoms with Crippen molar-refractivity contribution in [3.63, 3.8) is 0 Å². The minimum Gasteiger partial charge on any atom is -0.495 e. The molecule has 2 N–H and O–H groups in total. The molecule has 0 saturated carbocycles. The van der Waals surface area contributed by atoms with Crippen molar-refractivity contribution in [2.24, 2.45) is 0 Å². The van der Waals surface area contributed by atoms with Gasteiger partial charge in [-0.3, -0.25) is 0 Å². The van der Waals surface area contributed by atoms with Crippen LogP contribution in [-0.4, -0.2) is 14.2 Å². The first kappa shape index (κ1) is 11.3. The first-order valence-electron chi connectivity index (χ1n) is 5.51. The van der Waals surface area contributed by atoms with Gasteiger partial charge in [-0.15, -0.1) is 0 Å². The zero-order chi connectivity index (χ0) is 12.1. The molecular formula is C14H16N2O. The van der Waals surface area contributed by atoms with Crippen molar-refractivity contribution in [3.05, 3.63) is 48.5 Å². The fraction of sp³-hybridized carbons (Fsp3) is 0.143. The molecule has 0 heterocycles. The lowest BCUT2D eigenvalue weighted by Gasteiger charge is -2.11. The van der Waals surface area contributed by atoms with E-state index in [4.69, 9.17) is 4.74 Å². The van der Waals surface area contributed by atoms with Crippen LogP contribution in [0.3, 0.4) is 0 Å². The van der Waals surface area contributed by atoms with Gasteiger partial charge in [0, 0.05) is 18.4 Å². The molecule has 0 fully saturated rings. The zero-order valence-corrected chi connectivity index (χ0v) is 10.0. The van der Waals surface area contributed by atoms with Gasteiger partial charge in [-0.05, 0) is 30.3 Å². The highest BCUT2D eigenvalue weighted by Gasteiger charge is 2.01. The second-order valence-corrected chi connectivity index (χ2v) is 3.66. The van der Waals surface area contributed by atoms with E-state index >= 15 is 0 Å². The standard InChI is InChI=1S/C14H16N2O/c1-15-11-6-5-7-12(10-11)16-13-8-3-4-9-14(13)17-2/h3-10,15-16H,1-2H3. The van der Waals surface area contributed by atoms with E-state index in [1.165, 1.54) is 0 Å². The molecule has 88 valence electrons. The maximum atomic E-state index is 5.30. The van der Waals surface area contributed by atoms with Gasteiger partial charge < -0.3 is 15.4 Å². The van der Waals surface area contributed by atoms with Crippen LogP contribution in [0.1, 0.15) is 0 Å². The summed E-state index contributed by atoms with van der Waals surface area (Å²) in [5.41, 5.74) is 3.06. The molecule has 2 rings (SSSR count). The van der Waals surface area contributed by atoms with E-state index in [-0.39, 0.29) is 0 Å². The highest BCUT2D eigenvalue weighted by molar-refractivity contribution is 5.68. The summed E-state index contributed by atoms with van der Waals surface area (Å²) in [6.07, 6.45) is 0. The Labute approximate surface area is 101 Å². The summed E-state index contributed by atoms with van der Waals surface area (Å²) >= 11 is 0. The van der Waals surface area contributed by atoms with E-state index in [0.29, 0.717) is 0 Å². The van der Waals surface area contributed by atoms with Gasteiger partial charge in [-0.1, -0.05) is 18.2 Å².